The van der Waals surface area contributed by atoms with Crippen LogP contribution in [0.2, 0.25) is 0 Å². The van der Waals surface area contributed by atoms with E-state index in [1.165, 1.54) is 6.33 Å². The number of anilines is 3. The number of hydrogen-bond acceptors (Lipinski definition) is 7. The molecule has 0 aliphatic carbocycles. The number of para-hydroxylation sites is 2. The summed E-state index contributed by atoms with van der Waals surface area (Å²) in [4.78, 5) is 25.7. The van der Waals surface area contributed by atoms with Gasteiger partial charge in [-0.1, -0.05) is 35.5 Å². The van der Waals surface area contributed by atoms with Gasteiger partial charge in [0, 0.05) is 12.7 Å². The topological polar surface area (TPSA) is 106 Å². The molecule has 2 N–H and O–H groups in total. The third kappa shape index (κ3) is 2.66. The van der Waals surface area contributed by atoms with E-state index in [-0.39, 0.29) is 17.9 Å². The molecule has 2 aromatic carbocycles. The Labute approximate surface area is 172 Å². The van der Waals surface area contributed by atoms with Crippen LogP contribution in [0.4, 0.5) is 17.2 Å². The van der Waals surface area contributed by atoms with Crippen molar-refractivity contribution in [2.24, 2.45) is 0 Å². The molecule has 1 unspecified atom stereocenters. The van der Waals surface area contributed by atoms with E-state index in [1.807, 2.05) is 67.4 Å². The summed E-state index contributed by atoms with van der Waals surface area (Å²) in [7, 11) is 1.98. The Morgan fingerprint density at radius 2 is 1.77 bits per heavy atom. The molecule has 0 bridgehead atoms. The van der Waals surface area contributed by atoms with Crippen LogP contribution in [0.1, 0.15) is 15.9 Å². The van der Waals surface area contributed by atoms with Crippen molar-refractivity contribution in [3.8, 4) is 0 Å². The Morgan fingerprint density at radius 1 is 1.03 bits per heavy atom. The summed E-state index contributed by atoms with van der Waals surface area (Å²) in [5.74, 6) is 0.224. The van der Waals surface area contributed by atoms with Crippen LogP contribution in [0.25, 0.3) is 11.2 Å². The van der Waals surface area contributed by atoms with E-state index >= 15 is 0 Å². The first-order valence-corrected chi connectivity index (χ1v) is 9.57. The highest BCUT2D eigenvalue weighted by molar-refractivity contribution is 6.12. The van der Waals surface area contributed by atoms with Crippen molar-refractivity contribution in [3.63, 3.8) is 0 Å². The van der Waals surface area contributed by atoms with E-state index in [0.717, 1.165) is 16.9 Å². The Hall–Kier alpha value is -4.01. The van der Waals surface area contributed by atoms with E-state index in [4.69, 9.17) is 5.73 Å². The molecule has 9 heteroatoms. The Balaban J connectivity index is 1.66. The molecule has 1 atom stereocenters. The predicted molar refractivity (Wildman–Crippen MR) is 114 cm³/mol. The molecule has 0 spiro atoms. The summed E-state index contributed by atoms with van der Waals surface area (Å²) in [6.45, 7) is 2.36. The molecular formula is C21H20N8O. The highest BCUT2D eigenvalue weighted by Crippen LogP contribution is 2.35. The number of hydrogen-bond donors (Lipinski definition) is 1. The highest BCUT2D eigenvalue weighted by Gasteiger charge is 2.38. The molecule has 1 aliphatic heterocycles. The Morgan fingerprint density at radius 3 is 2.57 bits per heavy atom. The standard InChI is InChI=1S/C21H20N8O/c1-13-7-3-5-9-15(13)29-17(27(2)16-10-6-4-8-14(16)21(29)30)11-28-20-18(25-26-28)19(22)23-12-24-20/h3-10,12,17H,11H2,1-2H3,(H2,22,23,24). The van der Waals surface area contributed by atoms with Gasteiger partial charge < -0.3 is 10.6 Å². The minimum absolute atomic E-state index is 0.0541. The number of nitrogens with two attached hydrogens (primary N) is 1. The fraction of sp³-hybridized carbons (Fsp3) is 0.190. The summed E-state index contributed by atoms with van der Waals surface area (Å²) in [5, 5.41) is 8.36. The first kappa shape index (κ1) is 18.0. The lowest BCUT2D eigenvalue weighted by molar-refractivity contribution is 0.0966. The second-order valence-electron chi connectivity index (χ2n) is 7.27. The monoisotopic (exact) mass is 400 g/mol. The maximum absolute atomic E-state index is 13.6. The summed E-state index contributed by atoms with van der Waals surface area (Å²) >= 11 is 0. The van der Waals surface area contributed by atoms with Crippen LogP contribution in [-0.2, 0) is 6.54 Å². The van der Waals surface area contributed by atoms with Crippen molar-refractivity contribution < 1.29 is 4.79 Å². The SMILES string of the molecule is Cc1ccccc1N1C(=O)c2ccccc2N(C)C1Cn1nnc2c(N)ncnc21. The number of carbonyl (C=O) groups is 1. The Bertz CT molecular complexity index is 1270. The van der Waals surface area contributed by atoms with Gasteiger partial charge in [-0.2, -0.15) is 0 Å². The minimum Gasteiger partial charge on any atom is -0.382 e. The largest absolute Gasteiger partial charge is 0.382 e. The molecular weight excluding hydrogens is 380 g/mol. The molecule has 30 heavy (non-hydrogen) atoms. The molecule has 0 radical (unpaired) electrons. The molecule has 0 fully saturated rings. The average Bonchev–Trinajstić information content (AvgIpc) is 3.17. The molecule has 1 aliphatic rings. The van der Waals surface area contributed by atoms with Crippen LogP contribution < -0.4 is 15.5 Å². The first-order chi connectivity index (χ1) is 14.6. The van der Waals surface area contributed by atoms with Crippen molar-refractivity contribution in [2.75, 3.05) is 22.6 Å². The number of nitrogens with zero attached hydrogens (tertiary/aromatic N) is 7. The molecule has 150 valence electrons. The molecule has 2 aromatic heterocycles. The van der Waals surface area contributed by atoms with Crippen LogP contribution in [-0.4, -0.2) is 44.1 Å². The Kier molecular flexibility index (Phi) is 4.09. The lowest BCUT2D eigenvalue weighted by Crippen LogP contribution is -2.56. The molecule has 0 saturated carbocycles. The smallest absolute Gasteiger partial charge is 0.262 e. The van der Waals surface area contributed by atoms with Gasteiger partial charge in [0.15, 0.2) is 17.0 Å². The number of aryl methyl sites for hydroxylation is 1. The quantitative estimate of drug-likeness (QED) is 0.562. The number of nitrogen functional groups attached to an aromatic ring is 1. The molecule has 5 rings (SSSR count). The van der Waals surface area contributed by atoms with Gasteiger partial charge in [0.1, 0.15) is 12.5 Å². The van der Waals surface area contributed by atoms with Gasteiger partial charge in [0.05, 0.1) is 17.8 Å². The number of fused-ring (bicyclic) bond motifs is 2. The second-order valence-corrected chi connectivity index (χ2v) is 7.27. The number of carbonyl (C=O) groups excluding carboxylic acids is 1. The summed E-state index contributed by atoms with van der Waals surface area (Å²) < 4.78 is 1.67. The van der Waals surface area contributed by atoms with Crippen LogP contribution in [0.5, 0.6) is 0 Å². The molecule has 0 saturated heterocycles. The van der Waals surface area contributed by atoms with Gasteiger partial charge in [0.25, 0.3) is 5.91 Å². The summed E-state index contributed by atoms with van der Waals surface area (Å²) in [5.41, 5.74) is 10.3. The van der Waals surface area contributed by atoms with Crippen LogP contribution in [0.15, 0.2) is 54.9 Å². The van der Waals surface area contributed by atoms with Gasteiger partial charge >= 0.3 is 0 Å². The third-order valence-corrected chi connectivity index (χ3v) is 5.52. The van der Waals surface area contributed by atoms with E-state index in [9.17, 15) is 4.79 Å². The molecule has 4 aromatic rings. The first-order valence-electron chi connectivity index (χ1n) is 9.57. The van der Waals surface area contributed by atoms with Crippen molar-refractivity contribution >= 4 is 34.3 Å². The zero-order valence-electron chi connectivity index (χ0n) is 16.6. The fourth-order valence-corrected chi connectivity index (χ4v) is 3.95. The lowest BCUT2D eigenvalue weighted by Gasteiger charge is -2.44. The van der Waals surface area contributed by atoms with Crippen LogP contribution in [0, 0.1) is 6.92 Å². The van der Waals surface area contributed by atoms with E-state index < -0.39 is 0 Å². The van der Waals surface area contributed by atoms with Gasteiger partial charge in [-0.3, -0.25) is 9.69 Å². The van der Waals surface area contributed by atoms with Gasteiger partial charge in [-0.15, -0.1) is 5.10 Å². The highest BCUT2D eigenvalue weighted by atomic mass is 16.2. The van der Waals surface area contributed by atoms with Gasteiger partial charge in [0.2, 0.25) is 0 Å². The molecule has 1 amide bonds. The number of benzene rings is 2. The molecule has 3 heterocycles. The summed E-state index contributed by atoms with van der Waals surface area (Å²) in [6.07, 6.45) is 1.05. The fourth-order valence-electron chi connectivity index (χ4n) is 3.95. The number of aromatic nitrogens is 5. The van der Waals surface area contributed by atoms with Gasteiger partial charge in [-0.25, -0.2) is 14.6 Å². The zero-order valence-corrected chi connectivity index (χ0v) is 16.6. The van der Waals surface area contributed by atoms with E-state index in [2.05, 4.69) is 25.2 Å². The van der Waals surface area contributed by atoms with Crippen molar-refractivity contribution in [1.29, 1.82) is 0 Å². The van der Waals surface area contributed by atoms with Crippen LogP contribution >= 0.6 is 0 Å². The zero-order chi connectivity index (χ0) is 20.8. The van der Waals surface area contributed by atoms with E-state index in [1.54, 1.807) is 4.68 Å². The normalized spacial score (nSPS) is 16.2. The third-order valence-electron chi connectivity index (χ3n) is 5.52. The lowest BCUT2D eigenvalue weighted by atomic mass is 10.0. The van der Waals surface area contributed by atoms with Crippen molar-refractivity contribution in [1.82, 2.24) is 25.0 Å². The minimum atomic E-state index is -0.338. The maximum Gasteiger partial charge on any atom is 0.262 e. The second kappa shape index (κ2) is 6.80. The van der Waals surface area contributed by atoms with Crippen LogP contribution in [0.3, 0.4) is 0 Å². The number of rotatable bonds is 3. The summed E-state index contributed by atoms with van der Waals surface area (Å²) in [6, 6.07) is 15.5. The van der Waals surface area contributed by atoms with Gasteiger partial charge in [-0.05, 0) is 30.7 Å². The van der Waals surface area contributed by atoms with Crippen molar-refractivity contribution in [2.45, 2.75) is 19.6 Å². The predicted octanol–water partition coefficient (Wildman–Crippen LogP) is 2.23. The number of amides is 1. The molecule has 9 nitrogen and oxygen atoms in total. The average molecular weight is 400 g/mol. The van der Waals surface area contributed by atoms with Crippen molar-refractivity contribution in [3.05, 3.63) is 66.0 Å². The van der Waals surface area contributed by atoms with E-state index in [0.29, 0.717) is 23.3 Å². The maximum atomic E-state index is 13.6. The number of likely N-dealkylation sites (N-methyl/N-ethyl adjacent to an activating group) is 1.